The second-order valence-corrected chi connectivity index (χ2v) is 4.78. The Morgan fingerprint density at radius 3 is 1.95 bits per heavy atom. The van der Waals surface area contributed by atoms with Crippen molar-refractivity contribution >= 4 is 5.91 Å². The van der Waals surface area contributed by atoms with Crippen LogP contribution in [-0.4, -0.2) is 25.7 Å². The Morgan fingerprint density at radius 1 is 0.818 bits per heavy atom. The highest BCUT2D eigenvalue weighted by Gasteiger charge is 2.01. The van der Waals surface area contributed by atoms with E-state index in [0.717, 1.165) is 11.5 Å². The summed E-state index contributed by atoms with van der Waals surface area (Å²) in [5.74, 6) is 1.67. The number of carbonyl (C=O) groups excluding carboxylic acids is 1. The van der Waals surface area contributed by atoms with E-state index in [4.69, 9.17) is 9.47 Å². The molecule has 0 aliphatic heterocycles. The molecule has 2 aromatic carbocycles. The van der Waals surface area contributed by atoms with Crippen molar-refractivity contribution in [2.75, 3.05) is 19.8 Å². The van der Waals surface area contributed by atoms with E-state index in [2.05, 4.69) is 5.32 Å². The predicted octanol–water partition coefficient (Wildman–Crippen LogP) is 3.04. The van der Waals surface area contributed by atoms with Crippen LogP contribution in [0.25, 0.3) is 0 Å². The highest BCUT2D eigenvalue weighted by atomic mass is 16.5. The van der Waals surface area contributed by atoms with Crippen molar-refractivity contribution in [3.8, 4) is 11.5 Å². The molecule has 1 N–H and O–H groups in total. The van der Waals surface area contributed by atoms with E-state index >= 15 is 0 Å². The van der Waals surface area contributed by atoms with E-state index in [1.807, 2.05) is 60.7 Å². The number of nitrogens with one attached hydrogen (secondary N) is 1. The van der Waals surface area contributed by atoms with Crippen LogP contribution in [0, 0.1) is 0 Å². The maximum absolute atomic E-state index is 11.6. The molecular weight excluding hydrogens is 278 g/mol. The summed E-state index contributed by atoms with van der Waals surface area (Å²) in [7, 11) is 0. The Balaban J connectivity index is 1.49. The van der Waals surface area contributed by atoms with Crippen LogP contribution in [0.3, 0.4) is 0 Å². The third kappa shape index (κ3) is 6.31. The van der Waals surface area contributed by atoms with Crippen molar-refractivity contribution in [3.05, 3.63) is 60.7 Å². The van der Waals surface area contributed by atoms with Crippen molar-refractivity contribution in [1.29, 1.82) is 0 Å². The van der Waals surface area contributed by atoms with Gasteiger partial charge in [0.15, 0.2) is 0 Å². The molecule has 0 radical (unpaired) electrons. The van der Waals surface area contributed by atoms with Gasteiger partial charge < -0.3 is 14.8 Å². The van der Waals surface area contributed by atoms with Gasteiger partial charge in [-0.25, -0.2) is 0 Å². The first-order chi connectivity index (χ1) is 10.8. The molecule has 4 heteroatoms. The van der Waals surface area contributed by atoms with Crippen LogP contribution in [0.15, 0.2) is 60.7 Å². The fourth-order valence-electron chi connectivity index (χ4n) is 1.90. The molecule has 1 amide bonds. The van der Waals surface area contributed by atoms with Gasteiger partial charge in [-0.15, -0.1) is 0 Å². The molecule has 2 rings (SSSR count). The number of ether oxygens (including phenoxy) is 2. The second-order valence-electron chi connectivity index (χ2n) is 4.78. The fourth-order valence-corrected chi connectivity index (χ4v) is 1.90. The van der Waals surface area contributed by atoms with Gasteiger partial charge >= 0.3 is 0 Å². The summed E-state index contributed by atoms with van der Waals surface area (Å²) in [6, 6.07) is 19.2. The van der Waals surface area contributed by atoms with Crippen LogP contribution in [0.5, 0.6) is 11.5 Å². The monoisotopic (exact) mass is 299 g/mol. The maximum Gasteiger partial charge on any atom is 0.220 e. The minimum Gasteiger partial charge on any atom is -0.494 e. The normalized spacial score (nSPS) is 10.0. The summed E-state index contributed by atoms with van der Waals surface area (Å²) < 4.78 is 11.0. The Labute approximate surface area is 131 Å². The van der Waals surface area contributed by atoms with E-state index < -0.39 is 0 Å². The van der Waals surface area contributed by atoms with Gasteiger partial charge in [-0.05, 0) is 30.7 Å². The zero-order valence-corrected chi connectivity index (χ0v) is 12.5. The smallest absolute Gasteiger partial charge is 0.220 e. The van der Waals surface area contributed by atoms with Crippen molar-refractivity contribution in [1.82, 2.24) is 5.32 Å². The van der Waals surface area contributed by atoms with Crippen LogP contribution in [0.1, 0.15) is 12.8 Å². The minimum atomic E-state index is 0.0216. The van der Waals surface area contributed by atoms with Crippen molar-refractivity contribution in [2.45, 2.75) is 12.8 Å². The van der Waals surface area contributed by atoms with Gasteiger partial charge in [-0.3, -0.25) is 4.79 Å². The van der Waals surface area contributed by atoms with E-state index in [9.17, 15) is 4.79 Å². The lowest BCUT2D eigenvalue weighted by molar-refractivity contribution is -0.121. The van der Waals surface area contributed by atoms with Crippen LogP contribution in [0.4, 0.5) is 0 Å². The summed E-state index contributed by atoms with van der Waals surface area (Å²) in [4.78, 5) is 11.6. The zero-order chi connectivity index (χ0) is 15.5. The standard InChI is InChI=1S/C18H21NO3/c20-18(12-7-14-21-16-8-3-1-4-9-16)19-13-15-22-17-10-5-2-6-11-17/h1-6,8-11H,7,12-15H2,(H,19,20). The molecule has 0 fully saturated rings. The van der Waals surface area contributed by atoms with Crippen molar-refractivity contribution < 1.29 is 14.3 Å². The molecule has 0 heterocycles. The van der Waals surface area contributed by atoms with Crippen LogP contribution >= 0.6 is 0 Å². The summed E-state index contributed by atoms with van der Waals surface area (Å²) in [6.45, 7) is 1.52. The predicted molar refractivity (Wildman–Crippen MR) is 86.1 cm³/mol. The van der Waals surface area contributed by atoms with Crippen LogP contribution in [0.2, 0.25) is 0 Å². The number of hydrogen-bond donors (Lipinski definition) is 1. The lowest BCUT2D eigenvalue weighted by Crippen LogP contribution is -2.28. The summed E-state index contributed by atoms with van der Waals surface area (Å²) >= 11 is 0. The molecule has 22 heavy (non-hydrogen) atoms. The lowest BCUT2D eigenvalue weighted by Gasteiger charge is -2.08. The van der Waals surface area contributed by atoms with Gasteiger partial charge in [-0.2, -0.15) is 0 Å². The van der Waals surface area contributed by atoms with Crippen molar-refractivity contribution in [3.63, 3.8) is 0 Å². The molecule has 0 aliphatic carbocycles. The van der Waals surface area contributed by atoms with Gasteiger partial charge in [0, 0.05) is 6.42 Å². The third-order valence-electron chi connectivity index (χ3n) is 3.00. The molecule has 0 atom stereocenters. The molecule has 0 saturated carbocycles. The van der Waals surface area contributed by atoms with Gasteiger partial charge in [0.05, 0.1) is 13.2 Å². The van der Waals surface area contributed by atoms with Gasteiger partial charge in [-0.1, -0.05) is 36.4 Å². The lowest BCUT2D eigenvalue weighted by atomic mass is 10.3. The average molecular weight is 299 g/mol. The van der Waals surface area contributed by atoms with E-state index in [1.54, 1.807) is 0 Å². The van der Waals surface area contributed by atoms with Gasteiger partial charge in [0.2, 0.25) is 5.91 Å². The second kappa shape index (κ2) is 9.45. The van der Waals surface area contributed by atoms with Crippen molar-refractivity contribution in [2.24, 2.45) is 0 Å². The SMILES string of the molecule is O=C(CCCOc1ccccc1)NCCOc1ccccc1. The summed E-state index contributed by atoms with van der Waals surface area (Å²) in [5, 5.41) is 2.83. The molecule has 0 spiro atoms. The number of benzene rings is 2. The van der Waals surface area contributed by atoms with Crippen LogP contribution in [-0.2, 0) is 4.79 Å². The molecule has 0 unspecified atom stereocenters. The molecule has 2 aromatic rings. The average Bonchev–Trinajstić information content (AvgIpc) is 2.57. The Morgan fingerprint density at radius 2 is 1.36 bits per heavy atom. The number of hydrogen-bond acceptors (Lipinski definition) is 3. The molecule has 116 valence electrons. The van der Waals surface area contributed by atoms with E-state index in [0.29, 0.717) is 32.6 Å². The largest absolute Gasteiger partial charge is 0.494 e. The molecule has 4 nitrogen and oxygen atoms in total. The van der Waals surface area contributed by atoms with Crippen LogP contribution < -0.4 is 14.8 Å². The first-order valence-electron chi connectivity index (χ1n) is 7.47. The number of carbonyl (C=O) groups is 1. The third-order valence-corrected chi connectivity index (χ3v) is 3.00. The Bertz CT molecular complexity index is 493. The molecule has 0 bridgehead atoms. The topological polar surface area (TPSA) is 47.6 Å². The fraction of sp³-hybridized carbons (Fsp3) is 0.278. The molecule has 0 saturated heterocycles. The molecular formula is C18H21NO3. The van der Waals surface area contributed by atoms with E-state index in [1.165, 1.54) is 0 Å². The molecule has 0 aliphatic rings. The number of amides is 1. The Hall–Kier alpha value is -2.49. The zero-order valence-electron chi connectivity index (χ0n) is 12.5. The molecule has 0 aromatic heterocycles. The summed E-state index contributed by atoms with van der Waals surface area (Å²) in [6.07, 6.45) is 1.15. The quantitative estimate of drug-likeness (QED) is 0.724. The van der Waals surface area contributed by atoms with E-state index in [-0.39, 0.29) is 5.91 Å². The Kier molecular flexibility index (Phi) is 6.82. The van der Waals surface area contributed by atoms with Gasteiger partial charge in [0.1, 0.15) is 18.1 Å². The highest BCUT2D eigenvalue weighted by molar-refractivity contribution is 5.75. The minimum absolute atomic E-state index is 0.0216. The number of rotatable bonds is 9. The maximum atomic E-state index is 11.6. The first-order valence-corrected chi connectivity index (χ1v) is 7.47. The summed E-state index contributed by atoms with van der Waals surface area (Å²) in [5.41, 5.74) is 0. The first kappa shape index (κ1) is 15.9. The number of para-hydroxylation sites is 2. The highest BCUT2D eigenvalue weighted by Crippen LogP contribution is 2.09. The van der Waals surface area contributed by atoms with Gasteiger partial charge in [0.25, 0.3) is 0 Å².